The van der Waals surface area contributed by atoms with Gasteiger partial charge in [0.15, 0.2) is 0 Å². The van der Waals surface area contributed by atoms with Gasteiger partial charge in [-0.1, -0.05) is 36.4 Å². The number of aliphatic carboxylic acids is 1. The average Bonchev–Trinajstić information content (AvgIpc) is 2.61. The summed E-state index contributed by atoms with van der Waals surface area (Å²) in [5.41, 5.74) is 3.14. The zero-order valence-corrected chi connectivity index (χ0v) is 13.3. The van der Waals surface area contributed by atoms with E-state index in [0.717, 1.165) is 34.2 Å². The zero-order chi connectivity index (χ0) is 16.8. The predicted octanol–water partition coefficient (Wildman–Crippen LogP) is 4.22. The third kappa shape index (κ3) is 4.10. The Morgan fingerprint density at radius 3 is 2.62 bits per heavy atom. The molecular weight excluding hydrogens is 302 g/mol. The van der Waals surface area contributed by atoms with Crippen LogP contribution in [-0.4, -0.2) is 16.1 Å². The topological polar surface area (TPSA) is 59.4 Å². The Kier molecular flexibility index (Phi) is 5.06. The van der Waals surface area contributed by atoms with Gasteiger partial charge in [0.1, 0.15) is 12.4 Å². The molecule has 0 atom stereocenters. The van der Waals surface area contributed by atoms with E-state index in [4.69, 9.17) is 9.84 Å². The lowest BCUT2D eigenvalue weighted by molar-refractivity contribution is -0.137. The second kappa shape index (κ2) is 7.59. The molecule has 1 heterocycles. The predicted molar refractivity (Wildman–Crippen MR) is 93.1 cm³/mol. The SMILES string of the molecule is O=C(O)CCCc1ccc(OCc2cccc3cccnc23)cc1. The van der Waals surface area contributed by atoms with Crippen molar-refractivity contribution in [3.8, 4) is 5.75 Å². The summed E-state index contributed by atoms with van der Waals surface area (Å²) in [4.78, 5) is 15.0. The zero-order valence-electron chi connectivity index (χ0n) is 13.3. The molecular formula is C20H19NO3. The molecule has 0 aliphatic carbocycles. The summed E-state index contributed by atoms with van der Waals surface area (Å²) < 4.78 is 5.86. The lowest BCUT2D eigenvalue weighted by atomic mass is 10.1. The molecule has 0 spiro atoms. The standard InChI is InChI=1S/C20H19NO3/c22-19(23)8-1-4-15-9-11-18(12-10-15)24-14-17-6-2-5-16-7-3-13-21-20(16)17/h2-3,5-7,9-13H,1,4,8,14H2,(H,22,23). The average molecular weight is 321 g/mol. The Hall–Kier alpha value is -2.88. The van der Waals surface area contributed by atoms with Gasteiger partial charge in [-0.3, -0.25) is 9.78 Å². The highest BCUT2D eigenvalue weighted by atomic mass is 16.5. The van der Waals surface area contributed by atoms with Gasteiger partial charge in [0.2, 0.25) is 0 Å². The van der Waals surface area contributed by atoms with E-state index in [1.54, 1.807) is 6.20 Å². The van der Waals surface area contributed by atoms with Gasteiger partial charge in [-0.2, -0.15) is 0 Å². The van der Waals surface area contributed by atoms with Crippen molar-refractivity contribution < 1.29 is 14.6 Å². The first-order chi connectivity index (χ1) is 11.7. The molecule has 1 N–H and O–H groups in total. The molecule has 0 bridgehead atoms. The Labute approximate surface area is 140 Å². The van der Waals surface area contributed by atoms with Gasteiger partial charge < -0.3 is 9.84 Å². The number of carboxylic acid groups (broad SMARTS) is 1. The van der Waals surface area contributed by atoms with Crippen LogP contribution in [0, 0.1) is 0 Å². The van der Waals surface area contributed by atoms with E-state index in [2.05, 4.69) is 4.98 Å². The number of ether oxygens (including phenoxy) is 1. The van der Waals surface area contributed by atoms with Gasteiger partial charge in [-0.25, -0.2) is 0 Å². The molecule has 3 aromatic rings. The summed E-state index contributed by atoms with van der Waals surface area (Å²) in [7, 11) is 0. The van der Waals surface area contributed by atoms with Gasteiger partial charge in [-0.05, 0) is 36.6 Å². The summed E-state index contributed by atoms with van der Waals surface area (Å²) in [6.45, 7) is 0.465. The third-order valence-corrected chi connectivity index (χ3v) is 3.89. The Balaban J connectivity index is 1.61. The van der Waals surface area contributed by atoms with Crippen LogP contribution < -0.4 is 4.74 Å². The molecule has 2 aromatic carbocycles. The van der Waals surface area contributed by atoms with E-state index < -0.39 is 5.97 Å². The number of carbonyl (C=O) groups is 1. The number of hydrogen-bond acceptors (Lipinski definition) is 3. The minimum absolute atomic E-state index is 0.201. The van der Waals surface area contributed by atoms with Crippen LogP contribution in [0.1, 0.15) is 24.0 Å². The molecule has 1 aromatic heterocycles. The number of carboxylic acids is 1. The second-order valence-electron chi connectivity index (χ2n) is 5.67. The minimum Gasteiger partial charge on any atom is -0.489 e. The van der Waals surface area contributed by atoms with Crippen LogP contribution in [0.2, 0.25) is 0 Å². The van der Waals surface area contributed by atoms with E-state index in [0.29, 0.717) is 13.0 Å². The summed E-state index contributed by atoms with van der Waals surface area (Å²) in [5.74, 6) is 0.0450. The van der Waals surface area contributed by atoms with Crippen molar-refractivity contribution >= 4 is 16.9 Å². The van der Waals surface area contributed by atoms with Crippen molar-refractivity contribution in [3.63, 3.8) is 0 Å². The van der Waals surface area contributed by atoms with Crippen LogP contribution in [0.25, 0.3) is 10.9 Å². The van der Waals surface area contributed by atoms with Crippen molar-refractivity contribution in [2.45, 2.75) is 25.9 Å². The van der Waals surface area contributed by atoms with Crippen LogP contribution in [0.4, 0.5) is 0 Å². The van der Waals surface area contributed by atoms with Gasteiger partial charge in [0.05, 0.1) is 5.52 Å². The van der Waals surface area contributed by atoms with Crippen molar-refractivity contribution in [3.05, 3.63) is 71.9 Å². The van der Waals surface area contributed by atoms with Crippen LogP contribution >= 0.6 is 0 Å². The Morgan fingerprint density at radius 1 is 1.04 bits per heavy atom. The monoisotopic (exact) mass is 321 g/mol. The Morgan fingerprint density at radius 2 is 1.83 bits per heavy atom. The van der Waals surface area contributed by atoms with Gasteiger partial charge in [0, 0.05) is 23.6 Å². The number of fused-ring (bicyclic) bond motifs is 1. The van der Waals surface area contributed by atoms with Gasteiger partial charge >= 0.3 is 5.97 Å². The number of aryl methyl sites for hydroxylation is 1. The number of rotatable bonds is 7. The summed E-state index contributed by atoms with van der Waals surface area (Å²) in [6.07, 6.45) is 3.40. The summed E-state index contributed by atoms with van der Waals surface area (Å²) in [6, 6.07) is 17.9. The van der Waals surface area contributed by atoms with Crippen molar-refractivity contribution in [2.75, 3.05) is 0 Å². The van der Waals surface area contributed by atoms with Crippen molar-refractivity contribution in [1.82, 2.24) is 4.98 Å². The fourth-order valence-electron chi connectivity index (χ4n) is 2.64. The summed E-state index contributed by atoms with van der Waals surface area (Å²) in [5, 5.41) is 9.77. The number of para-hydroxylation sites is 1. The normalized spacial score (nSPS) is 10.7. The highest BCUT2D eigenvalue weighted by Crippen LogP contribution is 2.19. The van der Waals surface area contributed by atoms with Crippen LogP contribution in [0.15, 0.2) is 60.8 Å². The quantitative estimate of drug-likeness (QED) is 0.708. The third-order valence-electron chi connectivity index (χ3n) is 3.89. The number of pyridine rings is 1. The molecule has 0 unspecified atom stereocenters. The molecule has 0 amide bonds. The maximum atomic E-state index is 10.5. The van der Waals surface area contributed by atoms with Crippen molar-refractivity contribution in [2.24, 2.45) is 0 Å². The molecule has 4 nitrogen and oxygen atoms in total. The molecule has 0 fully saturated rings. The van der Waals surface area contributed by atoms with E-state index in [1.165, 1.54) is 0 Å². The number of nitrogens with zero attached hydrogens (tertiary/aromatic N) is 1. The van der Waals surface area contributed by atoms with E-state index >= 15 is 0 Å². The second-order valence-corrected chi connectivity index (χ2v) is 5.67. The first-order valence-electron chi connectivity index (χ1n) is 7.98. The molecule has 0 radical (unpaired) electrons. The maximum Gasteiger partial charge on any atom is 0.303 e. The van der Waals surface area contributed by atoms with Crippen LogP contribution in [0.5, 0.6) is 5.75 Å². The van der Waals surface area contributed by atoms with Gasteiger partial charge in [0.25, 0.3) is 0 Å². The fourth-order valence-corrected chi connectivity index (χ4v) is 2.64. The van der Waals surface area contributed by atoms with Crippen molar-refractivity contribution in [1.29, 1.82) is 0 Å². The molecule has 4 heteroatoms. The fraction of sp³-hybridized carbons (Fsp3) is 0.200. The molecule has 0 saturated heterocycles. The lowest BCUT2D eigenvalue weighted by Gasteiger charge is -2.09. The van der Waals surface area contributed by atoms with E-state index in [1.807, 2.05) is 54.6 Å². The molecule has 3 rings (SSSR count). The number of hydrogen-bond donors (Lipinski definition) is 1. The maximum absolute atomic E-state index is 10.5. The highest BCUT2D eigenvalue weighted by molar-refractivity contribution is 5.81. The first kappa shape index (κ1) is 16.0. The molecule has 0 aliphatic heterocycles. The smallest absolute Gasteiger partial charge is 0.303 e. The van der Waals surface area contributed by atoms with E-state index in [-0.39, 0.29) is 6.42 Å². The first-order valence-corrected chi connectivity index (χ1v) is 7.98. The number of benzene rings is 2. The number of aromatic nitrogens is 1. The molecule has 0 saturated carbocycles. The Bertz CT molecular complexity index is 822. The molecule has 0 aliphatic rings. The largest absolute Gasteiger partial charge is 0.489 e. The van der Waals surface area contributed by atoms with E-state index in [9.17, 15) is 4.79 Å². The van der Waals surface area contributed by atoms with Gasteiger partial charge in [-0.15, -0.1) is 0 Å². The molecule has 122 valence electrons. The lowest BCUT2D eigenvalue weighted by Crippen LogP contribution is -1.98. The summed E-state index contributed by atoms with van der Waals surface area (Å²) >= 11 is 0. The molecule has 24 heavy (non-hydrogen) atoms. The highest BCUT2D eigenvalue weighted by Gasteiger charge is 2.03. The van der Waals surface area contributed by atoms with Crippen LogP contribution in [-0.2, 0) is 17.8 Å². The van der Waals surface area contributed by atoms with Crippen LogP contribution in [0.3, 0.4) is 0 Å². The minimum atomic E-state index is -0.751.